The van der Waals surface area contributed by atoms with Gasteiger partial charge in [0.2, 0.25) is 10.0 Å². The Kier molecular flexibility index (Phi) is 5.67. The van der Waals surface area contributed by atoms with Crippen molar-refractivity contribution in [3.63, 3.8) is 0 Å². The number of terminal acetylenes is 1. The van der Waals surface area contributed by atoms with Gasteiger partial charge in [0.25, 0.3) is 0 Å². The molecular formula is C12H13BrClNO2S. The van der Waals surface area contributed by atoms with Crippen molar-refractivity contribution in [2.45, 2.75) is 30.7 Å². The lowest BCUT2D eigenvalue weighted by molar-refractivity contribution is 0.543. The van der Waals surface area contributed by atoms with Crippen molar-refractivity contribution >= 4 is 37.6 Å². The Hall–Kier alpha value is -0.540. The van der Waals surface area contributed by atoms with Gasteiger partial charge in [0.05, 0.1) is 5.02 Å². The van der Waals surface area contributed by atoms with Gasteiger partial charge in [-0.1, -0.05) is 24.6 Å². The number of sulfonamides is 1. The molecule has 1 aromatic rings. The van der Waals surface area contributed by atoms with Crippen molar-refractivity contribution in [1.82, 2.24) is 4.72 Å². The zero-order chi connectivity index (χ0) is 13.8. The molecule has 1 unspecified atom stereocenters. The van der Waals surface area contributed by atoms with E-state index in [1.165, 1.54) is 6.07 Å². The van der Waals surface area contributed by atoms with Crippen molar-refractivity contribution in [1.29, 1.82) is 0 Å². The minimum Gasteiger partial charge on any atom is -0.207 e. The summed E-state index contributed by atoms with van der Waals surface area (Å²) in [6.07, 6.45) is 6.16. The van der Waals surface area contributed by atoms with E-state index in [0.717, 1.165) is 0 Å². The molecule has 98 valence electrons. The molecule has 0 aliphatic heterocycles. The number of hydrogen-bond acceptors (Lipinski definition) is 2. The molecule has 0 spiro atoms. The predicted molar refractivity (Wildman–Crippen MR) is 77.0 cm³/mol. The largest absolute Gasteiger partial charge is 0.243 e. The second-order valence-electron chi connectivity index (χ2n) is 3.69. The van der Waals surface area contributed by atoms with Gasteiger partial charge in [-0.3, -0.25) is 0 Å². The summed E-state index contributed by atoms with van der Waals surface area (Å²) in [6, 6.07) is 4.54. The van der Waals surface area contributed by atoms with Crippen LogP contribution < -0.4 is 4.72 Å². The first-order valence-corrected chi connectivity index (χ1v) is 7.97. The Bertz CT molecular complexity index is 546. The molecule has 0 heterocycles. The fraction of sp³-hybridized carbons (Fsp3) is 0.333. The van der Waals surface area contributed by atoms with Crippen LogP contribution in [0.1, 0.15) is 19.8 Å². The highest BCUT2D eigenvalue weighted by Gasteiger charge is 2.23. The molecule has 0 radical (unpaired) electrons. The third-order valence-corrected chi connectivity index (χ3v) is 5.34. The van der Waals surface area contributed by atoms with Crippen molar-refractivity contribution < 1.29 is 8.42 Å². The molecule has 1 rings (SSSR count). The van der Waals surface area contributed by atoms with Crippen molar-refractivity contribution in [2.24, 2.45) is 0 Å². The molecule has 0 aliphatic carbocycles. The summed E-state index contributed by atoms with van der Waals surface area (Å²) in [6.45, 7) is 1.87. The number of rotatable bonds is 5. The molecule has 1 N–H and O–H groups in total. The first-order valence-electron chi connectivity index (χ1n) is 5.32. The lowest BCUT2D eigenvalue weighted by Crippen LogP contribution is -2.34. The van der Waals surface area contributed by atoms with Crippen LogP contribution in [0.4, 0.5) is 0 Å². The molecule has 1 aromatic carbocycles. The van der Waals surface area contributed by atoms with Crippen LogP contribution in [0.25, 0.3) is 0 Å². The van der Waals surface area contributed by atoms with Gasteiger partial charge in [-0.15, -0.1) is 12.3 Å². The number of nitrogens with one attached hydrogen (secondary N) is 1. The summed E-state index contributed by atoms with van der Waals surface area (Å²) < 4.78 is 27.4. The normalized spacial score (nSPS) is 13.0. The van der Waals surface area contributed by atoms with Gasteiger partial charge in [0.1, 0.15) is 4.90 Å². The van der Waals surface area contributed by atoms with E-state index in [9.17, 15) is 8.42 Å². The second-order valence-corrected chi connectivity index (χ2v) is 6.60. The van der Waals surface area contributed by atoms with Crippen LogP contribution in [0.3, 0.4) is 0 Å². The maximum absolute atomic E-state index is 12.2. The first kappa shape index (κ1) is 15.5. The lowest BCUT2D eigenvalue weighted by Gasteiger charge is -2.16. The van der Waals surface area contributed by atoms with E-state index in [1.54, 1.807) is 12.1 Å². The highest BCUT2D eigenvalue weighted by molar-refractivity contribution is 9.10. The Morgan fingerprint density at radius 1 is 1.56 bits per heavy atom. The smallest absolute Gasteiger partial charge is 0.207 e. The maximum atomic E-state index is 12.2. The molecular weight excluding hydrogens is 338 g/mol. The molecule has 0 aliphatic rings. The van der Waals surface area contributed by atoms with Crippen LogP contribution in [0.5, 0.6) is 0 Å². The van der Waals surface area contributed by atoms with E-state index < -0.39 is 10.0 Å². The van der Waals surface area contributed by atoms with Crippen LogP contribution in [-0.2, 0) is 10.0 Å². The van der Waals surface area contributed by atoms with Crippen LogP contribution >= 0.6 is 27.5 Å². The SMILES string of the molecule is C#CCC(CC)NS(=O)(=O)c1c(Cl)cccc1Br. The van der Waals surface area contributed by atoms with E-state index in [0.29, 0.717) is 17.3 Å². The summed E-state index contributed by atoms with van der Waals surface area (Å²) in [7, 11) is -3.68. The molecule has 18 heavy (non-hydrogen) atoms. The Labute approximate surface area is 121 Å². The fourth-order valence-electron chi connectivity index (χ4n) is 1.43. The van der Waals surface area contributed by atoms with Crippen LogP contribution in [-0.4, -0.2) is 14.5 Å². The minimum absolute atomic E-state index is 0.0436. The van der Waals surface area contributed by atoms with E-state index in [4.69, 9.17) is 18.0 Å². The van der Waals surface area contributed by atoms with Gasteiger partial charge in [0.15, 0.2) is 0 Å². The maximum Gasteiger partial charge on any atom is 0.243 e. The highest BCUT2D eigenvalue weighted by atomic mass is 79.9. The van der Waals surface area contributed by atoms with Crippen molar-refractivity contribution in [2.75, 3.05) is 0 Å². The Balaban J connectivity index is 3.11. The molecule has 0 saturated carbocycles. The molecule has 3 nitrogen and oxygen atoms in total. The molecule has 0 saturated heterocycles. The predicted octanol–water partition coefficient (Wildman–Crippen LogP) is 3.18. The van der Waals surface area contributed by atoms with E-state index in [1.807, 2.05) is 6.92 Å². The average molecular weight is 351 g/mol. The molecule has 0 fully saturated rings. The summed E-state index contributed by atoms with van der Waals surface area (Å²) in [5, 5.41) is 0.174. The minimum atomic E-state index is -3.68. The summed E-state index contributed by atoms with van der Waals surface area (Å²) in [5.74, 6) is 2.45. The van der Waals surface area contributed by atoms with Crippen LogP contribution in [0, 0.1) is 12.3 Å². The highest BCUT2D eigenvalue weighted by Crippen LogP contribution is 2.29. The quantitative estimate of drug-likeness (QED) is 0.829. The zero-order valence-electron chi connectivity index (χ0n) is 9.78. The van der Waals surface area contributed by atoms with E-state index in [-0.39, 0.29) is 16.0 Å². The fourth-order valence-corrected chi connectivity index (χ4v) is 4.48. The van der Waals surface area contributed by atoms with Gasteiger partial charge in [-0.25, -0.2) is 13.1 Å². The number of benzene rings is 1. The second kappa shape index (κ2) is 6.58. The first-order chi connectivity index (χ1) is 8.42. The van der Waals surface area contributed by atoms with Gasteiger partial charge in [-0.2, -0.15) is 0 Å². The van der Waals surface area contributed by atoms with Crippen molar-refractivity contribution in [3.05, 3.63) is 27.7 Å². The standard InChI is InChI=1S/C12H13BrClNO2S/c1-3-6-9(4-2)15-18(16,17)12-10(13)7-5-8-11(12)14/h1,5,7-9,15H,4,6H2,2H3. The van der Waals surface area contributed by atoms with E-state index >= 15 is 0 Å². The molecule has 0 amide bonds. The molecule has 0 bridgehead atoms. The topological polar surface area (TPSA) is 46.2 Å². The lowest BCUT2D eigenvalue weighted by atomic mass is 10.2. The Morgan fingerprint density at radius 2 is 2.22 bits per heavy atom. The molecule has 0 aromatic heterocycles. The van der Waals surface area contributed by atoms with Gasteiger partial charge in [-0.05, 0) is 34.5 Å². The van der Waals surface area contributed by atoms with Gasteiger partial charge >= 0.3 is 0 Å². The average Bonchev–Trinajstić information content (AvgIpc) is 2.27. The van der Waals surface area contributed by atoms with Gasteiger partial charge in [0, 0.05) is 16.9 Å². The van der Waals surface area contributed by atoms with Crippen LogP contribution in [0.15, 0.2) is 27.6 Å². The molecule has 1 atom stereocenters. The summed E-state index contributed by atoms with van der Waals surface area (Å²) in [5.41, 5.74) is 0. The van der Waals surface area contributed by atoms with Gasteiger partial charge < -0.3 is 0 Å². The van der Waals surface area contributed by atoms with E-state index in [2.05, 4.69) is 26.6 Å². The van der Waals surface area contributed by atoms with Crippen molar-refractivity contribution in [3.8, 4) is 12.3 Å². The summed E-state index contributed by atoms with van der Waals surface area (Å²) in [4.78, 5) is 0.0436. The third kappa shape index (κ3) is 3.72. The Morgan fingerprint density at radius 3 is 2.72 bits per heavy atom. The summed E-state index contributed by atoms with van der Waals surface area (Å²) >= 11 is 9.12. The van der Waals surface area contributed by atoms with Crippen LogP contribution in [0.2, 0.25) is 5.02 Å². The number of hydrogen-bond donors (Lipinski definition) is 1. The third-order valence-electron chi connectivity index (χ3n) is 2.37. The molecule has 6 heteroatoms. The monoisotopic (exact) mass is 349 g/mol. The zero-order valence-corrected chi connectivity index (χ0v) is 12.9. The number of halogens is 2.